The lowest BCUT2D eigenvalue weighted by molar-refractivity contribution is 0.407. The molecule has 0 aliphatic carbocycles. The Morgan fingerprint density at radius 1 is 1.06 bits per heavy atom. The second-order valence-electron chi connectivity index (χ2n) is 8.28. The number of hydrogen-bond donors (Lipinski definition) is 2. The van der Waals surface area contributed by atoms with E-state index >= 15 is 0 Å². The third-order valence-corrected chi connectivity index (χ3v) is 6.03. The third kappa shape index (κ3) is 5.26. The summed E-state index contributed by atoms with van der Waals surface area (Å²) in [6, 6.07) is 19.7. The average molecular weight is 476 g/mol. The summed E-state index contributed by atoms with van der Waals surface area (Å²) in [6.45, 7) is 4.70. The van der Waals surface area contributed by atoms with Gasteiger partial charge in [-0.05, 0) is 79.2 Å². The van der Waals surface area contributed by atoms with Crippen LogP contribution in [-0.4, -0.2) is 22.1 Å². The number of anilines is 1. The summed E-state index contributed by atoms with van der Waals surface area (Å²) in [5.74, 6) is 0.350. The van der Waals surface area contributed by atoms with Crippen molar-refractivity contribution >= 4 is 33.9 Å². The minimum atomic E-state index is -0.304. The number of pyridine rings is 1. The number of para-hydroxylation sites is 2. The van der Waals surface area contributed by atoms with Crippen LogP contribution in [0.15, 0.2) is 71.5 Å². The molecule has 1 heterocycles. The van der Waals surface area contributed by atoms with Crippen molar-refractivity contribution in [2.24, 2.45) is 0 Å². The van der Waals surface area contributed by atoms with Gasteiger partial charge >= 0.3 is 0 Å². The van der Waals surface area contributed by atoms with E-state index in [4.69, 9.17) is 17.0 Å². The van der Waals surface area contributed by atoms with E-state index in [9.17, 15) is 9.18 Å². The van der Waals surface area contributed by atoms with Crippen LogP contribution in [-0.2, 0) is 13.1 Å². The van der Waals surface area contributed by atoms with Gasteiger partial charge in [0.25, 0.3) is 5.56 Å². The van der Waals surface area contributed by atoms with Crippen molar-refractivity contribution in [2.75, 3.05) is 12.4 Å². The largest absolute Gasteiger partial charge is 0.495 e. The zero-order valence-electron chi connectivity index (χ0n) is 19.3. The Morgan fingerprint density at radius 2 is 1.79 bits per heavy atom. The molecule has 3 aromatic carbocycles. The number of halogens is 1. The number of benzene rings is 3. The molecule has 0 aliphatic heterocycles. The normalized spacial score (nSPS) is 10.8. The fourth-order valence-electron chi connectivity index (χ4n) is 3.99. The van der Waals surface area contributed by atoms with Crippen LogP contribution in [0.1, 0.15) is 22.3 Å². The highest BCUT2D eigenvalue weighted by Crippen LogP contribution is 2.24. The van der Waals surface area contributed by atoms with Gasteiger partial charge in [0.1, 0.15) is 11.6 Å². The third-order valence-electron chi connectivity index (χ3n) is 5.67. The molecule has 0 fully saturated rings. The number of aromatic amines is 1. The highest BCUT2D eigenvalue weighted by atomic mass is 32.1. The zero-order chi connectivity index (χ0) is 24.2. The number of nitrogens with one attached hydrogen (secondary N) is 2. The Hall–Kier alpha value is -3.71. The number of nitrogens with zero attached hydrogens (tertiary/aromatic N) is 1. The predicted molar refractivity (Wildman–Crippen MR) is 139 cm³/mol. The summed E-state index contributed by atoms with van der Waals surface area (Å²) in [5, 5.41) is 4.65. The summed E-state index contributed by atoms with van der Waals surface area (Å²) >= 11 is 5.74. The van der Waals surface area contributed by atoms with E-state index in [0.29, 0.717) is 23.0 Å². The van der Waals surface area contributed by atoms with Crippen molar-refractivity contribution in [1.29, 1.82) is 0 Å². The van der Waals surface area contributed by atoms with Gasteiger partial charge in [-0.25, -0.2) is 4.39 Å². The number of ether oxygens (including phenoxy) is 1. The van der Waals surface area contributed by atoms with Crippen LogP contribution in [0.25, 0.3) is 10.9 Å². The summed E-state index contributed by atoms with van der Waals surface area (Å²) in [6.07, 6.45) is 0. The number of aromatic nitrogens is 1. The Bertz CT molecular complexity index is 1400. The molecule has 7 heteroatoms. The highest BCUT2D eigenvalue weighted by molar-refractivity contribution is 7.80. The van der Waals surface area contributed by atoms with Gasteiger partial charge in [0, 0.05) is 23.0 Å². The molecule has 5 nitrogen and oxygen atoms in total. The van der Waals surface area contributed by atoms with E-state index in [-0.39, 0.29) is 17.9 Å². The molecule has 0 aliphatic rings. The van der Waals surface area contributed by atoms with Gasteiger partial charge in [-0.2, -0.15) is 0 Å². The van der Waals surface area contributed by atoms with E-state index in [1.807, 2.05) is 55.1 Å². The lowest BCUT2D eigenvalue weighted by Crippen LogP contribution is -2.35. The SMILES string of the molecule is COc1ccccc1NC(=S)N(Cc1ccc(F)cc1)Cc1cc2c(C)cc(C)cc2[nH]c1=O. The molecule has 0 radical (unpaired) electrons. The zero-order valence-corrected chi connectivity index (χ0v) is 20.1. The summed E-state index contributed by atoms with van der Waals surface area (Å²) < 4.78 is 18.9. The van der Waals surface area contributed by atoms with Crippen molar-refractivity contribution in [1.82, 2.24) is 9.88 Å². The smallest absolute Gasteiger partial charge is 0.253 e. The number of hydrogen-bond acceptors (Lipinski definition) is 3. The Morgan fingerprint density at radius 3 is 2.53 bits per heavy atom. The number of fused-ring (bicyclic) bond motifs is 1. The summed E-state index contributed by atoms with van der Waals surface area (Å²) in [4.78, 5) is 17.8. The quantitative estimate of drug-likeness (QED) is 0.351. The van der Waals surface area contributed by atoms with Crippen LogP contribution < -0.4 is 15.6 Å². The molecule has 174 valence electrons. The molecule has 4 aromatic rings. The first-order valence-electron chi connectivity index (χ1n) is 10.9. The number of aryl methyl sites for hydroxylation is 2. The van der Waals surface area contributed by atoms with Crippen molar-refractivity contribution < 1.29 is 9.13 Å². The standard InChI is InChI=1S/C27H26FN3O2S/c1-17-12-18(2)22-14-20(26(32)29-24(22)13-17)16-31(15-19-8-10-21(28)11-9-19)27(34)30-23-6-4-5-7-25(23)33-3/h4-14H,15-16H2,1-3H3,(H,29,32)(H,30,34). The number of thiocarbonyl (C=S) groups is 1. The highest BCUT2D eigenvalue weighted by Gasteiger charge is 2.16. The predicted octanol–water partition coefficient (Wildman–Crippen LogP) is 5.69. The second-order valence-corrected chi connectivity index (χ2v) is 8.67. The molecule has 1 aromatic heterocycles. The van der Waals surface area contributed by atoms with Crippen LogP contribution in [0.5, 0.6) is 5.75 Å². The topological polar surface area (TPSA) is 57.4 Å². The van der Waals surface area contributed by atoms with E-state index < -0.39 is 0 Å². The maximum absolute atomic E-state index is 13.5. The molecule has 0 saturated carbocycles. The van der Waals surface area contributed by atoms with Crippen LogP contribution in [0.4, 0.5) is 10.1 Å². The first kappa shape index (κ1) is 23.4. The molecular weight excluding hydrogens is 449 g/mol. The number of H-pyrrole nitrogens is 1. The maximum Gasteiger partial charge on any atom is 0.253 e. The molecule has 0 unspecified atom stereocenters. The minimum absolute atomic E-state index is 0.165. The molecule has 0 amide bonds. The van der Waals surface area contributed by atoms with E-state index in [0.717, 1.165) is 33.3 Å². The minimum Gasteiger partial charge on any atom is -0.495 e. The molecule has 2 N–H and O–H groups in total. The van der Waals surface area contributed by atoms with E-state index in [2.05, 4.69) is 16.4 Å². The first-order chi connectivity index (χ1) is 16.3. The van der Waals surface area contributed by atoms with Crippen molar-refractivity contribution in [3.05, 3.63) is 105 Å². The first-order valence-corrected chi connectivity index (χ1v) is 11.3. The van der Waals surface area contributed by atoms with Gasteiger partial charge in [-0.15, -0.1) is 0 Å². The Balaban J connectivity index is 1.69. The molecule has 0 saturated heterocycles. The second kappa shape index (κ2) is 10.1. The lowest BCUT2D eigenvalue weighted by atomic mass is 10.0. The van der Waals surface area contributed by atoms with Crippen molar-refractivity contribution in [3.63, 3.8) is 0 Å². The molecule has 0 spiro atoms. The molecule has 34 heavy (non-hydrogen) atoms. The van der Waals surface area contributed by atoms with Gasteiger partial charge in [0.05, 0.1) is 19.3 Å². The fourth-order valence-corrected chi connectivity index (χ4v) is 4.23. The van der Waals surface area contributed by atoms with Crippen molar-refractivity contribution in [2.45, 2.75) is 26.9 Å². The number of methoxy groups -OCH3 is 1. The Labute approximate surface area is 203 Å². The molecule has 0 atom stereocenters. The maximum atomic E-state index is 13.5. The Kier molecular flexibility index (Phi) is 6.93. The van der Waals surface area contributed by atoms with E-state index in [1.54, 1.807) is 19.2 Å². The summed E-state index contributed by atoms with van der Waals surface area (Å²) in [7, 11) is 1.60. The molecule has 0 bridgehead atoms. The van der Waals surface area contributed by atoms with Gasteiger partial charge in [-0.1, -0.05) is 30.3 Å². The lowest BCUT2D eigenvalue weighted by Gasteiger charge is -2.26. The van der Waals surface area contributed by atoms with Crippen LogP contribution >= 0.6 is 12.2 Å². The van der Waals surface area contributed by atoms with Gasteiger partial charge in [0.15, 0.2) is 5.11 Å². The summed E-state index contributed by atoms with van der Waals surface area (Å²) in [5.41, 5.74) is 5.01. The van der Waals surface area contributed by atoms with Crippen LogP contribution in [0.2, 0.25) is 0 Å². The monoisotopic (exact) mass is 475 g/mol. The van der Waals surface area contributed by atoms with Crippen LogP contribution in [0.3, 0.4) is 0 Å². The van der Waals surface area contributed by atoms with Crippen LogP contribution in [0, 0.1) is 19.7 Å². The van der Waals surface area contributed by atoms with Gasteiger partial charge in [-0.3, -0.25) is 4.79 Å². The van der Waals surface area contributed by atoms with Gasteiger partial charge in [0.2, 0.25) is 0 Å². The number of rotatable bonds is 6. The molecular formula is C27H26FN3O2S. The fraction of sp³-hybridized carbons (Fsp3) is 0.185. The average Bonchev–Trinajstić information content (AvgIpc) is 2.81. The van der Waals surface area contributed by atoms with Gasteiger partial charge < -0.3 is 19.9 Å². The van der Waals surface area contributed by atoms with E-state index in [1.165, 1.54) is 12.1 Å². The van der Waals surface area contributed by atoms with Crippen molar-refractivity contribution in [3.8, 4) is 5.75 Å². The molecule has 4 rings (SSSR count).